The lowest BCUT2D eigenvalue weighted by Crippen LogP contribution is -2.33. The molecule has 0 bridgehead atoms. The number of amidine groups is 2. The van der Waals surface area contributed by atoms with Gasteiger partial charge in [-0.1, -0.05) is 176 Å². The minimum absolute atomic E-state index is 0.310. The van der Waals surface area contributed by atoms with Crippen LogP contribution in [0.3, 0.4) is 0 Å². The van der Waals surface area contributed by atoms with Crippen LogP contribution in [0.5, 0.6) is 0 Å². The number of hydrogen-bond donors (Lipinski definition) is 1. The molecular formula is C53H36N6. The third kappa shape index (κ3) is 6.24. The van der Waals surface area contributed by atoms with Gasteiger partial charge in [-0.2, -0.15) is 0 Å². The van der Waals surface area contributed by atoms with Crippen molar-refractivity contribution < 1.29 is 0 Å². The molecule has 8 aromatic carbocycles. The van der Waals surface area contributed by atoms with Gasteiger partial charge in [0.1, 0.15) is 17.8 Å². The van der Waals surface area contributed by atoms with Crippen molar-refractivity contribution in [3.05, 3.63) is 223 Å². The summed E-state index contributed by atoms with van der Waals surface area (Å²) in [6.45, 7) is 0. The molecule has 1 atom stereocenters. The zero-order valence-corrected chi connectivity index (χ0v) is 31.9. The molecule has 1 aliphatic heterocycles. The fourth-order valence-electron chi connectivity index (χ4n) is 8.23. The number of fused-ring (bicyclic) bond motifs is 6. The Kier molecular flexibility index (Phi) is 8.44. The molecule has 0 radical (unpaired) electrons. The quantitative estimate of drug-likeness (QED) is 0.165. The predicted octanol–water partition coefficient (Wildman–Crippen LogP) is 12.2. The Bertz CT molecular complexity index is 3190. The second-order valence-electron chi connectivity index (χ2n) is 14.7. The van der Waals surface area contributed by atoms with E-state index in [9.17, 15) is 0 Å². The molecule has 0 amide bonds. The molecule has 6 nitrogen and oxygen atoms in total. The molecule has 2 aromatic heterocycles. The van der Waals surface area contributed by atoms with Gasteiger partial charge >= 0.3 is 0 Å². The van der Waals surface area contributed by atoms with Crippen LogP contribution < -0.4 is 5.32 Å². The van der Waals surface area contributed by atoms with Crippen molar-refractivity contribution in [3.63, 3.8) is 0 Å². The SMILES string of the molecule is c1ccc(C2=NC(c3ccc(-c4ccc(-n5c(-c6ccccc6)nc6c7cnccc7c7ccccc7c65)cc4)cc3)NC(c3ccc(-c4ccccc4)cc3)=N2)cc1. The first-order valence-corrected chi connectivity index (χ1v) is 19.8. The molecule has 10 aromatic rings. The van der Waals surface area contributed by atoms with E-state index < -0.39 is 0 Å². The third-order valence-corrected chi connectivity index (χ3v) is 11.2. The van der Waals surface area contributed by atoms with E-state index in [0.717, 1.165) is 83.5 Å². The summed E-state index contributed by atoms with van der Waals surface area (Å²) in [6, 6.07) is 67.8. The summed E-state index contributed by atoms with van der Waals surface area (Å²) in [5, 5.41) is 8.16. The van der Waals surface area contributed by atoms with Crippen LogP contribution in [0, 0.1) is 0 Å². The lowest BCUT2D eigenvalue weighted by Gasteiger charge is -2.24. The van der Waals surface area contributed by atoms with E-state index in [4.69, 9.17) is 15.0 Å². The summed E-state index contributed by atoms with van der Waals surface area (Å²) in [4.78, 5) is 20.0. The van der Waals surface area contributed by atoms with Crippen molar-refractivity contribution in [1.29, 1.82) is 0 Å². The molecule has 6 heteroatoms. The van der Waals surface area contributed by atoms with Crippen molar-refractivity contribution in [2.75, 3.05) is 0 Å². The fourth-order valence-corrected chi connectivity index (χ4v) is 8.23. The van der Waals surface area contributed by atoms with Crippen LogP contribution in [0.25, 0.3) is 71.9 Å². The number of aromatic nitrogens is 3. The minimum atomic E-state index is -0.310. The Morgan fingerprint density at radius 1 is 0.441 bits per heavy atom. The van der Waals surface area contributed by atoms with Gasteiger partial charge in [0.05, 0.1) is 11.0 Å². The summed E-state index contributed by atoms with van der Waals surface area (Å²) >= 11 is 0. The van der Waals surface area contributed by atoms with E-state index in [0.29, 0.717) is 5.84 Å². The minimum Gasteiger partial charge on any atom is -0.344 e. The fraction of sp³-hybridized carbons (Fsp3) is 0.0189. The van der Waals surface area contributed by atoms with E-state index in [1.54, 1.807) is 0 Å². The molecule has 1 unspecified atom stereocenters. The summed E-state index contributed by atoms with van der Waals surface area (Å²) in [6.07, 6.45) is 3.49. The summed E-state index contributed by atoms with van der Waals surface area (Å²) in [5.41, 5.74) is 11.7. The highest BCUT2D eigenvalue weighted by Gasteiger charge is 2.23. The monoisotopic (exact) mass is 756 g/mol. The molecule has 3 heterocycles. The average molecular weight is 757 g/mol. The first-order chi connectivity index (χ1) is 29.2. The van der Waals surface area contributed by atoms with Crippen molar-refractivity contribution >= 4 is 44.2 Å². The first kappa shape index (κ1) is 34.3. The van der Waals surface area contributed by atoms with Crippen LogP contribution in [-0.4, -0.2) is 26.2 Å². The average Bonchev–Trinajstić information content (AvgIpc) is 3.74. The Hall–Kier alpha value is -7.96. The summed E-state index contributed by atoms with van der Waals surface area (Å²) < 4.78 is 2.30. The molecule has 0 saturated heterocycles. The zero-order chi connectivity index (χ0) is 39.1. The molecule has 278 valence electrons. The molecule has 0 aliphatic carbocycles. The lowest BCUT2D eigenvalue weighted by molar-refractivity contribution is 0.674. The van der Waals surface area contributed by atoms with E-state index in [1.165, 1.54) is 10.9 Å². The molecule has 1 aliphatic rings. The predicted molar refractivity (Wildman–Crippen MR) is 242 cm³/mol. The van der Waals surface area contributed by atoms with Crippen LogP contribution in [0.2, 0.25) is 0 Å². The van der Waals surface area contributed by atoms with Crippen molar-refractivity contribution in [1.82, 2.24) is 19.9 Å². The number of nitrogens with zero attached hydrogens (tertiary/aromatic N) is 5. The van der Waals surface area contributed by atoms with Gasteiger partial charge in [0.25, 0.3) is 0 Å². The van der Waals surface area contributed by atoms with E-state index in [-0.39, 0.29) is 6.17 Å². The molecule has 59 heavy (non-hydrogen) atoms. The van der Waals surface area contributed by atoms with Gasteiger partial charge in [-0.15, -0.1) is 0 Å². The lowest BCUT2D eigenvalue weighted by atomic mass is 10.0. The van der Waals surface area contributed by atoms with Crippen molar-refractivity contribution in [3.8, 4) is 39.3 Å². The third-order valence-electron chi connectivity index (χ3n) is 11.2. The number of benzene rings is 8. The van der Waals surface area contributed by atoms with Gasteiger partial charge in [-0.05, 0) is 56.8 Å². The van der Waals surface area contributed by atoms with Gasteiger partial charge in [0, 0.05) is 45.5 Å². The Labute approximate surface area is 341 Å². The number of rotatable bonds is 7. The number of aliphatic imine (C=N–C) groups is 2. The molecule has 1 N–H and O–H groups in total. The van der Waals surface area contributed by atoms with Crippen LogP contribution in [0.4, 0.5) is 0 Å². The Morgan fingerprint density at radius 3 is 1.64 bits per heavy atom. The maximum Gasteiger partial charge on any atom is 0.159 e. The molecular weight excluding hydrogens is 721 g/mol. The second-order valence-corrected chi connectivity index (χ2v) is 14.7. The first-order valence-electron chi connectivity index (χ1n) is 19.8. The summed E-state index contributed by atoms with van der Waals surface area (Å²) in [5.74, 6) is 2.39. The molecule has 0 fully saturated rings. The topological polar surface area (TPSA) is 67.5 Å². The highest BCUT2D eigenvalue weighted by molar-refractivity contribution is 6.24. The number of hydrogen-bond acceptors (Lipinski definition) is 5. The number of pyridine rings is 1. The van der Waals surface area contributed by atoms with Gasteiger partial charge in [-0.3, -0.25) is 9.55 Å². The standard InChI is InChI=1S/C53H36N6/c1-4-12-35(13-5-1)36-20-24-40(25-21-36)51-56-50(39-14-6-2-7-15-39)57-52(58-51)41-26-22-37(23-27-41)38-28-30-43(31-29-38)59-49-46-19-11-10-18-44(46)45-32-33-54-34-47(45)48(49)55-53(59)42-16-8-3-9-17-42/h1-34,52H,(H,56,57,58). The highest BCUT2D eigenvalue weighted by atomic mass is 15.2. The van der Waals surface area contributed by atoms with Gasteiger partial charge in [-0.25, -0.2) is 15.0 Å². The van der Waals surface area contributed by atoms with Crippen molar-refractivity contribution in [2.45, 2.75) is 6.17 Å². The van der Waals surface area contributed by atoms with E-state index in [2.05, 4.69) is 179 Å². The van der Waals surface area contributed by atoms with E-state index in [1.807, 2.05) is 42.7 Å². The van der Waals surface area contributed by atoms with Gasteiger partial charge in [0.15, 0.2) is 5.84 Å². The second kappa shape index (κ2) is 14.5. The summed E-state index contributed by atoms with van der Waals surface area (Å²) in [7, 11) is 0. The number of nitrogens with one attached hydrogen (secondary N) is 1. The number of imidazole rings is 1. The molecule has 11 rings (SSSR count). The molecule has 0 spiro atoms. The maximum atomic E-state index is 5.34. The van der Waals surface area contributed by atoms with Crippen LogP contribution >= 0.6 is 0 Å². The Balaban J connectivity index is 0.938. The maximum absolute atomic E-state index is 5.34. The molecule has 0 saturated carbocycles. The Morgan fingerprint density at radius 2 is 0.966 bits per heavy atom. The van der Waals surface area contributed by atoms with Gasteiger partial charge in [0.2, 0.25) is 0 Å². The largest absolute Gasteiger partial charge is 0.344 e. The van der Waals surface area contributed by atoms with Gasteiger partial charge < -0.3 is 5.32 Å². The van der Waals surface area contributed by atoms with E-state index >= 15 is 0 Å². The van der Waals surface area contributed by atoms with Crippen LogP contribution in [-0.2, 0) is 0 Å². The smallest absolute Gasteiger partial charge is 0.159 e. The zero-order valence-electron chi connectivity index (χ0n) is 31.9. The van der Waals surface area contributed by atoms with Crippen molar-refractivity contribution in [2.24, 2.45) is 9.98 Å². The highest BCUT2D eigenvalue weighted by Crippen LogP contribution is 2.39. The van der Waals surface area contributed by atoms with Crippen LogP contribution in [0.15, 0.2) is 217 Å². The normalized spacial score (nSPS) is 13.9. The van der Waals surface area contributed by atoms with Crippen LogP contribution in [0.1, 0.15) is 22.9 Å².